The molecule has 0 aliphatic heterocycles. The predicted molar refractivity (Wildman–Crippen MR) is 45.8 cm³/mol. The van der Waals surface area contributed by atoms with Crippen LogP contribution in [0.4, 0.5) is 0 Å². The fourth-order valence-electron chi connectivity index (χ4n) is 0.960. The summed E-state index contributed by atoms with van der Waals surface area (Å²) in [4.78, 5) is 18.0. The van der Waals surface area contributed by atoms with Crippen molar-refractivity contribution in [2.45, 2.75) is 13.8 Å². The zero-order chi connectivity index (χ0) is 9.84. The zero-order valence-electron chi connectivity index (χ0n) is 7.88. The summed E-state index contributed by atoms with van der Waals surface area (Å²) in [7, 11) is 1.46. The molecule has 0 fully saturated rings. The molecule has 0 aliphatic rings. The molecule has 72 valence electrons. The Hall–Kier alpha value is -1.52. The highest BCUT2D eigenvalue weighted by Gasteiger charge is 2.17. The molecule has 0 aromatic carbocycles. The minimum atomic E-state index is -0.444. The molecule has 1 heterocycles. The lowest BCUT2D eigenvalue weighted by atomic mass is 10.4. The van der Waals surface area contributed by atoms with Crippen LogP contribution in [0.2, 0.25) is 0 Å². The number of methoxy groups -OCH3 is 1. The van der Waals surface area contributed by atoms with E-state index in [2.05, 4.69) is 9.97 Å². The summed E-state index contributed by atoms with van der Waals surface area (Å²) >= 11 is 0. The van der Waals surface area contributed by atoms with Crippen LogP contribution < -0.4 is 4.74 Å². The van der Waals surface area contributed by atoms with Crippen molar-refractivity contribution in [2.75, 3.05) is 13.7 Å². The summed E-state index contributed by atoms with van der Waals surface area (Å²) in [6.07, 6.45) is 0. The summed E-state index contributed by atoms with van der Waals surface area (Å²) in [5, 5.41) is 0. The molecule has 5 heteroatoms. The molecule has 5 nitrogen and oxygen atoms in total. The van der Waals surface area contributed by atoms with Crippen molar-refractivity contribution in [3.05, 3.63) is 11.5 Å². The van der Waals surface area contributed by atoms with E-state index in [0.29, 0.717) is 12.4 Å². The van der Waals surface area contributed by atoms with Crippen LogP contribution in [0.5, 0.6) is 5.88 Å². The first-order valence-corrected chi connectivity index (χ1v) is 3.96. The number of aromatic nitrogens is 2. The molecule has 0 radical (unpaired) electrons. The van der Waals surface area contributed by atoms with E-state index in [9.17, 15) is 4.79 Å². The Kier molecular flexibility index (Phi) is 2.89. The Labute approximate surface area is 76.1 Å². The van der Waals surface area contributed by atoms with Crippen LogP contribution in [0.3, 0.4) is 0 Å². The SMILES string of the molecule is CCOC(=O)c1[nH]c(C)nc1OC. The monoisotopic (exact) mass is 184 g/mol. The van der Waals surface area contributed by atoms with E-state index in [1.54, 1.807) is 13.8 Å². The number of nitrogens with one attached hydrogen (secondary N) is 1. The number of carbonyl (C=O) groups is 1. The standard InChI is InChI=1S/C8H12N2O3/c1-4-13-8(11)6-7(12-3)10-5(2)9-6/h4H2,1-3H3,(H,9,10). The predicted octanol–water partition coefficient (Wildman–Crippen LogP) is 0.903. The molecule has 0 unspecified atom stereocenters. The molecule has 1 rings (SSSR count). The van der Waals surface area contributed by atoms with Crippen molar-refractivity contribution in [1.82, 2.24) is 9.97 Å². The number of aryl methyl sites for hydroxylation is 1. The Morgan fingerprint density at radius 1 is 1.62 bits per heavy atom. The first-order valence-electron chi connectivity index (χ1n) is 3.96. The minimum absolute atomic E-state index is 0.266. The lowest BCUT2D eigenvalue weighted by molar-refractivity contribution is 0.0516. The summed E-state index contributed by atoms with van der Waals surface area (Å²) in [5.74, 6) is 0.454. The van der Waals surface area contributed by atoms with Crippen molar-refractivity contribution in [2.24, 2.45) is 0 Å². The second-order valence-electron chi connectivity index (χ2n) is 2.43. The van der Waals surface area contributed by atoms with Gasteiger partial charge in [-0.1, -0.05) is 0 Å². The molecule has 0 spiro atoms. The molecule has 13 heavy (non-hydrogen) atoms. The minimum Gasteiger partial charge on any atom is -0.479 e. The van der Waals surface area contributed by atoms with Crippen LogP contribution >= 0.6 is 0 Å². The van der Waals surface area contributed by atoms with Gasteiger partial charge in [0.1, 0.15) is 5.82 Å². The van der Waals surface area contributed by atoms with Gasteiger partial charge in [0.15, 0.2) is 5.69 Å². The van der Waals surface area contributed by atoms with Crippen molar-refractivity contribution in [3.8, 4) is 5.88 Å². The van der Waals surface area contributed by atoms with Gasteiger partial charge in [0.25, 0.3) is 0 Å². The average molecular weight is 184 g/mol. The number of ether oxygens (including phenoxy) is 2. The van der Waals surface area contributed by atoms with Crippen LogP contribution in [-0.4, -0.2) is 29.7 Å². The quantitative estimate of drug-likeness (QED) is 0.709. The molecule has 1 N–H and O–H groups in total. The maximum atomic E-state index is 11.3. The number of imidazole rings is 1. The van der Waals surface area contributed by atoms with Gasteiger partial charge < -0.3 is 14.5 Å². The molecule has 1 aromatic heterocycles. The van der Waals surface area contributed by atoms with Gasteiger partial charge in [-0.05, 0) is 13.8 Å². The zero-order valence-corrected chi connectivity index (χ0v) is 7.88. The molecule has 0 saturated heterocycles. The van der Waals surface area contributed by atoms with Crippen LogP contribution in [-0.2, 0) is 4.74 Å². The topological polar surface area (TPSA) is 64.2 Å². The van der Waals surface area contributed by atoms with Gasteiger partial charge >= 0.3 is 5.97 Å². The summed E-state index contributed by atoms with van der Waals surface area (Å²) < 4.78 is 9.68. The van der Waals surface area contributed by atoms with Crippen LogP contribution in [0, 0.1) is 6.92 Å². The number of hydrogen-bond acceptors (Lipinski definition) is 4. The van der Waals surface area contributed by atoms with E-state index in [4.69, 9.17) is 9.47 Å². The number of H-pyrrole nitrogens is 1. The van der Waals surface area contributed by atoms with E-state index in [0.717, 1.165) is 0 Å². The molecule has 1 aromatic rings. The highest BCUT2D eigenvalue weighted by atomic mass is 16.5. The first-order chi connectivity index (χ1) is 6.19. The van der Waals surface area contributed by atoms with E-state index in [1.807, 2.05) is 0 Å². The van der Waals surface area contributed by atoms with Gasteiger partial charge in [0.2, 0.25) is 5.88 Å². The summed E-state index contributed by atoms with van der Waals surface area (Å²) in [6, 6.07) is 0. The van der Waals surface area contributed by atoms with Crippen LogP contribution in [0.15, 0.2) is 0 Å². The Morgan fingerprint density at radius 2 is 2.31 bits per heavy atom. The highest BCUT2D eigenvalue weighted by molar-refractivity contribution is 5.89. The molecule has 0 bridgehead atoms. The average Bonchev–Trinajstić information content (AvgIpc) is 2.47. The number of nitrogens with zero attached hydrogens (tertiary/aromatic N) is 1. The van der Waals surface area contributed by atoms with E-state index < -0.39 is 5.97 Å². The van der Waals surface area contributed by atoms with E-state index >= 15 is 0 Å². The third-order valence-corrected chi connectivity index (χ3v) is 1.46. The van der Waals surface area contributed by atoms with Gasteiger partial charge in [-0.2, -0.15) is 4.98 Å². The van der Waals surface area contributed by atoms with Crippen LogP contribution in [0.1, 0.15) is 23.2 Å². The number of esters is 1. The Balaban J connectivity index is 2.91. The number of rotatable bonds is 3. The van der Waals surface area contributed by atoms with Gasteiger partial charge in [-0.3, -0.25) is 0 Å². The van der Waals surface area contributed by atoms with Gasteiger partial charge in [-0.25, -0.2) is 4.79 Å². The van der Waals surface area contributed by atoms with Crippen molar-refractivity contribution >= 4 is 5.97 Å². The smallest absolute Gasteiger partial charge is 0.360 e. The normalized spacial score (nSPS) is 9.77. The number of hydrogen-bond donors (Lipinski definition) is 1. The first kappa shape index (κ1) is 9.57. The molecule has 0 atom stereocenters. The molecule has 0 amide bonds. The number of aromatic amines is 1. The molecule has 0 aliphatic carbocycles. The van der Waals surface area contributed by atoms with E-state index in [1.165, 1.54) is 7.11 Å². The lowest BCUT2D eigenvalue weighted by Gasteiger charge is -2.00. The molecule has 0 saturated carbocycles. The summed E-state index contributed by atoms with van der Waals surface area (Å²) in [5.41, 5.74) is 0.266. The third kappa shape index (κ3) is 1.99. The maximum Gasteiger partial charge on any atom is 0.360 e. The highest BCUT2D eigenvalue weighted by Crippen LogP contribution is 2.15. The van der Waals surface area contributed by atoms with Gasteiger partial charge in [-0.15, -0.1) is 0 Å². The summed E-state index contributed by atoms with van der Waals surface area (Å²) in [6.45, 7) is 3.82. The van der Waals surface area contributed by atoms with Gasteiger partial charge in [0.05, 0.1) is 13.7 Å². The van der Waals surface area contributed by atoms with Crippen molar-refractivity contribution in [1.29, 1.82) is 0 Å². The van der Waals surface area contributed by atoms with Crippen molar-refractivity contribution in [3.63, 3.8) is 0 Å². The molecular weight excluding hydrogens is 172 g/mol. The van der Waals surface area contributed by atoms with Gasteiger partial charge in [0, 0.05) is 0 Å². The van der Waals surface area contributed by atoms with Crippen molar-refractivity contribution < 1.29 is 14.3 Å². The van der Waals surface area contributed by atoms with Crippen LogP contribution in [0.25, 0.3) is 0 Å². The lowest BCUT2D eigenvalue weighted by Crippen LogP contribution is -2.06. The largest absolute Gasteiger partial charge is 0.479 e. The fourth-order valence-corrected chi connectivity index (χ4v) is 0.960. The third-order valence-electron chi connectivity index (χ3n) is 1.46. The molecular formula is C8H12N2O3. The Morgan fingerprint density at radius 3 is 2.85 bits per heavy atom. The number of carbonyl (C=O) groups excluding carboxylic acids is 1. The fraction of sp³-hybridized carbons (Fsp3) is 0.500. The maximum absolute atomic E-state index is 11.3. The van der Waals surface area contributed by atoms with E-state index in [-0.39, 0.29) is 11.6 Å². The second kappa shape index (κ2) is 3.93. The second-order valence-corrected chi connectivity index (χ2v) is 2.43. The Bertz CT molecular complexity index is 306.